The third kappa shape index (κ3) is 2.71. The maximum atomic E-state index is 3.38. The molecule has 0 amide bonds. The van der Waals surface area contributed by atoms with E-state index in [0.717, 1.165) is 39.4 Å². The fourth-order valence-corrected chi connectivity index (χ4v) is 3.51. The average molecular weight is 311 g/mol. The van der Waals surface area contributed by atoms with Crippen LogP contribution in [0.15, 0.2) is 36.7 Å². The van der Waals surface area contributed by atoms with Crippen LogP contribution < -0.4 is 15.1 Å². The molecule has 3 heterocycles. The van der Waals surface area contributed by atoms with Gasteiger partial charge >= 0.3 is 0 Å². The van der Waals surface area contributed by atoms with Gasteiger partial charge in [-0.1, -0.05) is 6.08 Å². The zero-order valence-corrected chi connectivity index (χ0v) is 14.0. The number of nitrogens with one attached hydrogen (secondary N) is 1. The largest absolute Gasteiger partial charge is 0.367 e. The summed E-state index contributed by atoms with van der Waals surface area (Å²) in [5.41, 5.74) is 3.91. The zero-order valence-electron chi connectivity index (χ0n) is 14.0. The van der Waals surface area contributed by atoms with Crippen molar-refractivity contribution in [3.05, 3.63) is 36.7 Å². The smallest absolute Gasteiger partial charge is 0.0728 e. The van der Waals surface area contributed by atoms with Crippen LogP contribution in [-0.2, 0) is 7.05 Å². The van der Waals surface area contributed by atoms with Crippen LogP contribution in [0.1, 0.15) is 0 Å². The Morgan fingerprint density at radius 3 is 2.61 bits per heavy atom. The minimum absolute atomic E-state index is 0.873. The highest BCUT2D eigenvalue weighted by Crippen LogP contribution is 2.32. The Kier molecular flexibility index (Phi) is 3.75. The molecule has 4 rings (SSSR count). The minimum atomic E-state index is 0.873. The van der Waals surface area contributed by atoms with Gasteiger partial charge in [0.1, 0.15) is 0 Å². The second kappa shape index (κ2) is 5.91. The lowest BCUT2D eigenvalue weighted by Gasteiger charge is -2.33. The molecule has 0 radical (unpaired) electrons. The highest BCUT2D eigenvalue weighted by atomic mass is 15.3. The van der Waals surface area contributed by atoms with E-state index in [2.05, 4.69) is 75.4 Å². The predicted molar refractivity (Wildman–Crippen MR) is 97.1 cm³/mol. The molecule has 1 saturated heterocycles. The van der Waals surface area contributed by atoms with Crippen LogP contribution >= 0.6 is 0 Å². The van der Waals surface area contributed by atoms with Crippen molar-refractivity contribution in [2.45, 2.75) is 0 Å². The summed E-state index contributed by atoms with van der Waals surface area (Å²) in [4.78, 5) is 7.17. The van der Waals surface area contributed by atoms with E-state index < -0.39 is 0 Å². The van der Waals surface area contributed by atoms with Crippen molar-refractivity contribution in [1.29, 1.82) is 0 Å². The minimum Gasteiger partial charge on any atom is -0.367 e. The monoisotopic (exact) mass is 311 g/mol. The van der Waals surface area contributed by atoms with Crippen molar-refractivity contribution in [2.75, 3.05) is 56.2 Å². The van der Waals surface area contributed by atoms with Crippen molar-refractivity contribution in [2.24, 2.45) is 7.05 Å². The van der Waals surface area contributed by atoms with Gasteiger partial charge in [-0.3, -0.25) is 5.32 Å². The maximum absolute atomic E-state index is 3.38. The molecule has 23 heavy (non-hydrogen) atoms. The van der Waals surface area contributed by atoms with Gasteiger partial charge in [-0.05, 0) is 25.2 Å². The number of nitrogens with zero attached hydrogens (tertiary/aromatic N) is 4. The van der Waals surface area contributed by atoms with Crippen LogP contribution in [0.5, 0.6) is 0 Å². The molecule has 1 aromatic carbocycles. The third-order valence-corrected chi connectivity index (χ3v) is 4.96. The summed E-state index contributed by atoms with van der Waals surface area (Å²) in [6, 6.07) is 6.81. The molecule has 1 fully saturated rings. The van der Waals surface area contributed by atoms with E-state index in [1.54, 1.807) is 0 Å². The molecule has 0 spiro atoms. The van der Waals surface area contributed by atoms with Crippen LogP contribution in [0.25, 0.3) is 10.9 Å². The standard InChI is InChI=1S/C18H25N5/c1-20-8-10-22(11-9-20)18-13-21(2)17-12-15(4-5-16(17)18)23-7-3-6-19-14-23/h3-5,7,12-13,19H,6,8-11,14H2,1-2H3. The second-order valence-electron chi connectivity index (χ2n) is 6.58. The molecule has 0 saturated carbocycles. The summed E-state index contributed by atoms with van der Waals surface area (Å²) in [5, 5.41) is 4.73. The summed E-state index contributed by atoms with van der Waals surface area (Å²) >= 11 is 0. The molecule has 0 unspecified atom stereocenters. The van der Waals surface area contributed by atoms with Crippen molar-refractivity contribution in [3.63, 3.8) is 0 Å². The van der Waals surface area contributed by atoms with Crippen molar-refractivity contribution in [1.82, 2.24) is 14.8 Å². The van der Waals surface area contributed by atoms with E-state index in [1.807, 2.05) is 0 Å². The Morgan fingerprint density at radius 1 is 1.04 bits per heavy atom. The lowest BCUT2D eigenvalue weighted by Crippen LogP contribution is -2.44. The van der Waals surface area contributed by atoms with E-state index in [4.69, 9.17) is 0 Å². The number of likely N-dealkylation sites (N-methyl/N-ethyl adjacent to an activating group) is 1. The molecule has 1 aromatic heterocycles. The van der Waals surface area contributed by atoms with E-state index >= 15 is 0 Å². The number of hydrogen-bond donors (Lipinski definition) is 1. The number of aromatic nitrogens is 1. The molecule has 5 heteroatoms. The van der Waals surface area contributed by atoms with Gasteiger partial charge in [-0.2, -0.15) is 0 Å². The normalized spacial score (nSPS) is 19.7. The molecule has 0 bridgehead atoms. The Morgan fingerprint density at radius 2 is 1.87 bits per heavy atom. The second-order valence-corrected chi connectivity index (χ2v) is 6.58. The van der Waals surface area contributed by atoms with Gasteiger partial charge in [0, 0.05) is 63.2 Å². The lowest BCUT2D eigenvalue weighted by molar-refractivity contribution is 0.313. The van der Waals surface area contributed by atoms with Gasteiger partial charge in [0.25, 0.3) is 0 Å². The molecule has 0 aliphatic carbocycles. The van der Waals surface area contributed by atoms with E-state index in [9.17, 15) is 0 Å². The van der Waals surface area contributed by atoms with Crippen LogP contribution in [0.2, 0.25) is 0 Å². The molecule has 0 atom stereocenters. The third-order valence-electron chi connectivity index (χ3n) is 4.96. The molecule has 2 aliphatic rings. The molecule has 2 aliphatic heterocycles. The number of rotatable bonds is 2. The molecule has 2 aromatic rings. The lowest BCUT2D eigenvalue weighted by atomic mass is 10.2. The number of hydrogen-bond acceptors (Lipinski definition) is 4. The maximum Gasteiger partial charge on any atom is 0.0728 e. The van der Waals surface area contributed by atoms with Gasteiger partial charge in [-0.15, -0.1) is 0 Å². The van der Waals surface area contributed by atoms with Gasteiger partial charge < -0.3 is 19.3 Å². The van der Waals surface area contributed by atoms with Crippen molar-refractivity contribution >= 4 is 22.3 Å². The summed E-state index contributed by atoms with van der Waals surface area (Å²) in [5.74, 6) is 0. The van der Waals surface area contributed by atoms with Crippen LogP contribution in [0.3, 0.4) is 0 Å². The number of piperazine rings is 1. The molecule has 122 valence electrons. The molecular weight excluding hydrogens is 286 g/mol. The first-order valence-electron chi connectivity index (χ1n) is 8.39. The fraction of sp³-hybridized carbons (Fsp3) is 0.444. The first-order valence-corrected chi connectivity index (χ1v) is 8.39. The van der Waals surface area contributed by atoms with E-state index in [0.29, 0.717) is 0 Å². The highest BCUT2D eigenvalue weighted by molar-refractivity contribution is 5.95. The van der Waals surface area contributed by atoms with Crippen molar-refractivity contribution in [3.8, 4) is 0 Å². The predicted octanol–water partition coefficient (Wildman–Crippen LogP) is 1.81. The van der Waals surface area contributed by atoms with E-state index in [-0.39, 0.29) is 0 Å². The Labute approximate surface area is 137 Å². The average Bonchev–Trinajstić information content (AvgIpc) is 2.93. The van der Waals surface area contributed by atoms with Crippen LogP contribution in [0.4, 0.5) is 11.4 Å². The van der Waals surface area contributed by atoms with Gasteiger partial charge in [-0.25, -0.2) is 0 Å². The fourth-order valence-electron chi connectivity index (χ4n) is 3.51. The number of anilines is 2. The molecular formula is C18H25N5. The van der Waals surface area contributed by atoms with Gasteiger partial charge in [0.15, 0.2) is 0 Å². The van der Waals surface area contributed by atoms with Crippen molar-refractivity contribution < 1.29 is 0 Å². The van der Waals surface area contributed by atoms with E-state index in [1.165, 1.54) is 22.3 Å². The summed E-state index contributed by atoms with van der Waals surface area (Å²) in [7, 11) is 4.35. The van der Waals surface area contributed by atoms with Gasteiger partial charge in [0.2, 0.25) is 0 Å². The Hall–Kier alpha value is -1.98. The highest BCUT2D eigenvalue weighted by Gasteiger charge is 2.19. The SMILES string of the molecule is CN1CCN(c2cn(C)c3cc(N4C=CCNC4)ccc23)CC1. The first kappa shape index (κ1) is 14.6. The van der Waals surface area contributed by atoms with Crippen LogP contribution in [0, 0.1) is 0 Å². The van der Waals surface area contributed by atoms with Crippen LogP contribution in [-0.4, -0.2) is 55.9 Å². The molecule has 5 nitrogen and oxygen atoms in total. The van der Waals surface area contributed by atoms with Gasteiger partial charge in [0.05, 0.1) is 17.9 Å². The topological polar surface area (TPSA) is 26.7 Å². The quantitative estimate of drug-likeness (QED) is 0.915. The zero-order chi connectivity index (χ0) is 15.8. The molecule has 1 N–H and O–H groups in total. The Balaban J connectivity index is 1.68. The Bertz CT molecular complexity index is 724. The summed E-state index contributed by atoms with van der Waals surface area (Å²) in [6.45, 7) is 6.32. The summed E-state index contributed by atoms with van der Waals surface area (Å²) < 4.78 is 2.26. The number of fused-ring (bicyclic) bond motifs is 1. The first-order chi connectivity index (χ1) is 11.2. The number of aryl methyl sites for hydroxylation is 1. The summed E-state index contributed by atoms with van der Waals surface area (Å²) in [6.07, 6.45) is 6.61. The number of benzene rings is 1.